The quantitative estimate of drug-likeness (QED) is 0.303. The molecule has 1 aromatic carbocycles. The van der Waals surface area contributed by atoms with Crippen LogP contribution in [-0.2, 0) is 26.3 Å². The van der Waals surface area contributed by atoms with E-state index in [2.05, 4.69) is 65.2 Å². The van der Waals surface area contributed by atoms with Crippen molar-refractivity contribution in [3.63, 3.8) is 0 Å². The normalized spacial score (nSPS) is 11.2. The van der Waals surface area contributed by atoms with Crippen molar-refractivity contribution < 1.29 is 0 Å². The topological polar surface area (TPSA) is 95.5 Å². The fraction of sp³-hybridized carbons (Fsp3) is 0.414. The zero-order chi connectivity index (χ0) is 26.2. The summed E-state index contributed by atoms with van der Waals surface area (Å²) in [5.41, 5.74) is 7.45. The first-order chi connectivity index (χ1) is 18.0. The fourth-order valence-electron chi connectivity index (χ4n) is 4.64. The lowest BCUT2D eigenvalue weighted by atomic mass is 9.95. The number of rotatable bonds is 12. The molecule has 8 nitrogen and oxygen atoms in total. The summed E-state index contributed by atoms with van der Waals surface area (Å²) in [4.78, 5) is 20.8. The molecule has 0 bridgehead atoms. The maximum absolute atomic E-state index is 9.10. The predicted molar refractivity (Wildman–Crippen MR) is 148 cm³/mol. The van der Waals surface area contributed by atoms with Crippen molar-refractivity contribution in [1.29, 1.82) is 5.26 Å². The second-order valence-electron chi connectivity index (χ2n) is 9.34. The number of pyridine rings is 1. The van der Waals surface area contributed by atoms with Gasteiger partial charge < -0.3 is 14.8 Å². The highest BCUT2D eigenvalue weighted by molar-refractivity contribution is 5.86. The Bertz CT molecular complexity index is 1380. The molecule has 4 aromatic rings. The first-order valence-corrected chi connectivity index (χ1v) is 13.1. The van der Waals surface area contributed by atoms with Gasteiger partial charge in [-0.2, -0.15) is 5.26 Å². The number of hydrogen-bond acceptors (Lipinski definition) is 7. The van der Waals surface area contributed by atoms with E-state index in [-0.39, 0.29) is 0 Å². The molecule has 0 aliphatic rings. The Morgan fingerprint density at radius 3 is 2.62 bits per heavy atom. The lowest BCUT2D eigenvalue weighted by molar-refractivity contribution is 0.316. The number of imidazole rings is 1. The van der Waals surface area contributed by atoms with Gasteiger partial charge >= 0.3 is 0 Å². The molecule has 0 radical (unpaired) electrons. The molecule has 37 heavy (non-hydrogen) atoms. The van der Waals surface area contributed by atoms with Crippen molar-refractivity contribution in [2.45, 2.75) is 46.5 Å². The van der Waals surface area contributed by atoms with Crippen LogP contribution in [0.5, 0.6) is 0 Å². The SMILES string of the molecule is CCN(CC)CCNc1nccc(CCc2cc(-c3cncn3C)nc3cc(C)c(CCC#N)cc23)n1. The molecule has 8 heteroatoms. The van der Waals surface area contributed by atoms with Gasteiger partial charge in [0.1, 0.15) is 0 Å². The molecule has 0 atom stereocenters. The van der Waals surface area contributed by atoms with Gasteiger partial charge in [-0.3, -0.25) is 0 Å². The third kappa shape index (κ3) is 6.49. The molecule has 192 valence electrons. The summed E-state index contributed by atoms with van der Waals surface area (Å²) in [6.45, 7) is 10.3. The number of nitrogens with one attached hydrogen (secondary N) is 1. The Morgan fingerprint density at radius 1 is 1.05 bits per heavy atom. The van der Waals surface area contributed by atoms with Gasteiger partial charge in [-0.25, -0.2) is 19.9 Å². The Kier molecular flexibility index (Phi) is 8.81. The highest BCUT2D eigenvalue weighted by Gasteiger charge is 2.13. The summed E-state index contributed by atoms with van der Waals surface area (Å²) in [5, 5.41) is 13.6. The number of nitriles is 1. The second kappa shape index (κ2) is 12.4. The van der Waals surface area contributed by atoms with Crippen LogP contribution in [0.15, 0.2) is 43.0 Å². The predicted octanol–water partition coefficient (Wildman–Crippen LogP) is 4.73. The van der Waals surface area contributed by atoms with Gasteiger partial charge in [-0.05, 0) is 80.2 Å². The van der Waals surface area contributed by atoms with Crippen molar-refractivity contribution in [2.24, 2.45) is 7.05 Å². The van der Waals surface area contributed by atoms with E-state index in [9.17, 15) is 0 Å². The van der Waals surface area contributed by atoms with E-state index in [1.165, 1.54) is 16.7 Å². The number of aryl methyl sites for hydroxylation is 5. The van der Waals surface area contributed by atoms with E-state index in [1.807, 2.05) is 30.1 Å². The smallest absolute Gasteiger partial charge is 0.222 e. The third-order valence-electron chi connectivity index (χ3n) is 6.91. The van der Waals surface area contributed by atoms with Gasteiger partial charge in [0, 0.05) is 43.8 Å². The summed E-state index contributed by atoms with van der Waals surface area (Å²) in [7, 11) is 1.99. The molecule has 0 fully saturated rings. The number of likely N-dealkylation sites (N-methyl/N-ethyl adjacent to an activating group) is 1. The van der Waals surface area contributed by atoms with Crippen LogP contribution >= 0.6 is 0 Å². The largest absolute Gasteiger partial charge is 0.353 e. The van der Waals surface area contributed by atoms with Gasteiger partial charge in [-0.1, -0.05) is 13.8 Å². The lowest BCUT2D eigenvalue weighted by Gasteiger charge is -2.18. The van der Waals surface area contributed by atoms with E-state index in [0.717, 1.165) is 73.4 Å². The zero-order valence-corrected chi connectivity index (χ0v) is 22.3. The zero-order valence-electron chi connectivity index (χ0n) is 22.3. The van der Waals surface area contributed by atoms with Crippen molar-refractivity contribution in [3.05, 3.63) is 65.4 Å². The van der Waals surface area contributed by atoms with Crippen LogP contribution in [0.2, 0.25) is 0 Å². The maximum atomic E-state index is 9.10. The van der Waals surface area contributed by atoms with Crippen LogP contribution in [0.1, 0.15) is 42.7 Å². The molecule has 0 aliphatic carbocycles. The summed E-state index contributed by atoms with van der Waals surface area (Å²) in [5.74, 6) is 0.675. The molecule has 3 aromatic heterocycles. The summed E-state index contributed by atoms with van der Waals surface area (Å²) in [6.07, 6.45) is 8.35. The van der Waals surface area contributed by atoms with Gasteiger partial charge in [0.05, 0.1) is 35.5 Å². The summed E-state index contributed by atoms with van der Waals surface area (Å²) in [6, 6.07) is 10.8. The van der Waals surface area contributed by atoms with Crippen molar-refractivity contribution in [3.8, 4) is 17.5 Å². The van der Waals surface area contributed by atoms with E-state index in [0.29, 0.717) is 12.4 Å². The standard InChI is InChI=1S/C29H36N8/c1-5-37(6-2)15-14-33-29-32-13-11-24(34-29)10-9-23-18-27(28-19-31-20-36(28)4)35-26-16-21(3)22(8-7-12-30)17-25(23)26/h11,13,16-20H,5-10,14-15H2,1-4H3,(H,32,33,34). The molecule has 0 unspecified atom stereocenters. The Balaban J connectivity index is 1.60. The highest BCUT2D eigenvalue weighted by Crippen LogP contribution is 2.28. The first-order valence-electron chi connectivity index (χ1n) is 13.1. The fourth-order valence-corrected chi connectivity index (χ4v) is 4.64. The number of hydrogen-bond donors (Lipinski definition) is 1. The Hall–Kier alpha value is -3.83. The molecule has 0 spiro atoms. The van der Waals surface area contributed by atoms with E-state index in [4.69, 9.17) is 15.2 Å². The molecule has 0 aliphatic heterocycles. The number of benzene rings is 1. The maximum Gasteiger partial charge on any atom is 0.222 e. The van der Waals surface area contributed by atoms with E-state index >= 15 is 0 Å². The third-order valence-corrected chi connectivity index (χ3v) is 6.91. The van der Waals surface area contributed by atoms with Gasteiger partial charge in [0.15, 0.2) is 0 Å². The van der Waals surface area contributed by atoms with E-state index < -0.39 is 0 Å². The Morgan fingerprint density at radius 2 is 1.89 bits per heavy atom. The Labute approximate surface area is 219 Å². The van der Waals surface area contributed by atoms with Crippen LogP contribution in [-0.4, -0.2) is 55.6 Å². The second-order valence-corrected chi connectivity index (χ2v) is 9.34. The average Bonchev–Trinajstić information content (AvgIpc) is 3.34. The van der Waals surface area contributed by atoms with Gasteiger partial charge in [0.25, 0.3) is 0 Å². The first kappa shape index (κ1) is 26.2. The lowest BCUT2D eigenvalue weighted by Crippen LogP contribution is -2.29. The molecular formula is C29H36N8. The molecule has 0 saturated carbocycles. The minimum atomic E-state index is 0.507. The number of aromatic nitrogens is 5. The van der Waals surface area contributed by atoms with Crippen LogP contribution in [0.3, 0.4) is 0 Å². The molecular weight excluding hydrogens is 460 g/mol. The van der Waals surface area contributed by atoms with Gasteiger partial charge in [-0.15, -0.1) is 0 Å². The van der Waals surface area contributed by atoms with E-state index in [1.54, 1.807) is 6.33 Å². The van der Waals surface area contributed by atoms with Crippen LogP contribution in [0, 0.1) is 18.3 Å². The summed E-state index contributed by atoms with van der Waals surface area (Å²) >= 11 is 0. The van der Waals surface area contributed by atoms with Crippen LogP contribution in [0.25, 0.3) is 22.3 Å². The minimum Gasteiger partial charge on any atom is -0.353 e. The molecule has 3 heterocycles. The van der Waals surface area contributed by atoms with Crippen molar-refractivity contribution in [1.82, 2.24) is 29.4 Å². The number of anilines is 1. The van der Waals surface area contributed by atoms with Gasteiger partial charge in [0.2, 0.25) is 5.95 Å². The van der Waals surface area contributed by atoms with Crippen LogP contribution in [0.4, 0.5) is 5.95 Å². The number of nitrogens with zero attached hydrogens (tertiary/aromatic N) is 7. The molecule has 1 N–H and O–H groups in total. The van der Waals surface area contributed by atoms with Crippen molar-refractivity contribution in [2.75, 3.05) is 31.5 Å². The molecule has 0 saturated heterocycles. The highest BCUT2D eigenvalue weighted by atomic mass is 15.2. The monoisotopic (exact) mass is 496 g/mol. The number of fused-ring (bicyclic) bond motifs is 1. The molecule has 0 amide bonds. The van der Waals surface area contributed by atoms with Crippen molar-refractivity contribution >= 4 is 16.9 Å². The van der Waals surface area contributed by atoms with Crippen LogP contribution < -0.4 is 5.32 Å². The summed E-state index contributed by atoms with van der Waals surface area (Å²) < 4.78 is 1.99. The average molecular weight is 497 g/mol. The minimum absolute atomic E-state index is 0.507. The molecule has 4 rings (SSSR count).